The smallest absolute Gasteiger partial charge is 0.246 e. The number of hydrogen-bond donors (Lipinski definition) is 1. The van der Waals surface area contributed by atoms with Gasteiger partial charge in [0.15, 0.2) is 5.13 Å². The number of benzene rings is 2. The van der Waals surface area contributed by atoms with Crippen molar-refractivity contribution in [2.45, 2.75) is 26.3 Å². The molecule has 0 aliphatic carbocycles. The highest BCUT2D eigenvalue weighted by Gasteiger charge is 2.31. The van der Waals surface area contributed by atoms with E-state index in [9.17, 15) is 19.7 Å². The van der Waals surface area contributed by atoms with Crippen LogP contribution in [0, 0.1) is 42.3 Å². The van der Waals surface area contributed by atoms with E-state index < -0.39 is 0 Å². The summed E-state index contributed by atoms with van der Waals surface area (Å²) in [5.74, 6) is -0.580. The molecule has 4 aromatic rings. The van der Waals surface area contributed by atoms with Crippen molar-refractivity contribution in [2.24, 2.45) is 0 Å². The minimum Gasteiger partial charge on any atom is -0.375 e. The first kappa shape index (κ1) is 25.1. The van der Waals surface area contributed by atoms with Crippen molar-refractivity contribution in [1.29, 1.82) is 10.5 Å². The Morgan fingerprint density at radius 1 is 1.32 bits per heavy atom. The largest absolute Gasteiger partial charge is 0.375 e. The van der Waals surface area contributed by atoms with Crippen molar-refractivity contribution in [3.05, 3.63) is 59.6 Å². The van der Waals surface area contributed by atoms with Crippen LogP contribution in [-0.4, -0.2) is 46.5 Å². The maximum absolute atomic E-state index is 14.5. The number of pyridine rings is 1. The maximum Gasteiger partial charge on any atom is 0.246 e. The average Bonchev–Trinajstić information content (AvgIpc) is 3.31. The van der Waals surface area contributed by atoms with E-state index in [4.69, 9.17) is 5.73 Å². The third-order valence-electron chi connectivity index (χ3n) is 7.06. The van der Waals surface area contributed by atoms with E-state index in [1.807, 2.05) is 19.9 Å². The summed E-state index contributed by atoms with van der Waals surface area (Å²) in [5.41, 5.74) is 11.7. The van der Waals surface area contributed by atoms with Gasteiger partial charge in [-0.05, 0) is 54.8 Å². The van der Waals surface area contributed by atoms with E-state index in [1.54, 1.807) is 17.2 Å². The van der Waals surface area contributed by atoms with Crippen LogP contribution in [0.5, 0.6) is 0 Å². The predicted octanol–water partition coefficient (Wildman–Crippen LogP) is 4.84. The Hall–Kier alpha value is -4.54. The molecule has 5 rings (SSSR count). The van der Waals surface area contributed by atoms with E-state index in [0.717, 1.165) is 44.7 Å². The molecule has 2 N–H and O–H groups in total. The Morgan fingerprint density at radius 3 is 2.82 bits per heavy atom. The number of amides is 1. The Kier molecular flexibility index (Phi) is 6.43. The number of piperazine rings is 1. The van der Waals surface area contributed by atoms with E-state index in [-0.39, 0.29) is 24.2 Å². The lowest BCUT2D eigenvalue weighted by Crippen LogP contribution is -2.55. The zero-order valence-electron chi connectivity index (χ0n) is 21.0. The van der Waals surface area contributed by atoms with Crippen LogP contribution in [0.4, 0.5) is 15.2 Å². The topological polar surface area (TPSA) is 123 Å². The van der Waals surface area contributed by atoms with E-state index in [2.05, 4.69) is 33.6 Å². The van der Waals surface area contributed by atoms with Gasteiger partial charge in [-0.15, -0.1) is 0 Å². The van der Waals surface area contributed by atoms with Crippen molar-refractivity contribution in [1.82, 2.24) is 14.9 Å². The van der Waals surface area contributed by atoms with Gasteiger partial charge in [-0.3, -0.25) is 9.78 Å². The number of thiazole rings is 1. The van der Waals surface area contributed by atoms with Crippen molar-refractivity contribution in [2.75, 3.05) is 30.3 Å². The first-order valence-electron chi connectivity index (χ1n) is 12.0. The molecule has 1 atom stereocenters. The van der Waals surface area contributed by atoms with Gasteiger partial charge in [0.05, 0.1) is 45.5 Å². The zero-order chi connectivity index (χ0) is 27.1. The molecule has 2 aromatic carbocycles. The van der Waals surface area contributed by atoms with Gasteiger partial charge in [0, 0.05) is 36.8 Å². The second-order valence-electron chi connectivity index (χ2n) is 9.24. The molecule has 2 aromatic heterocycles. The molecule has 0 spiro atoms. The fraction of sp³-hybridized carbons (Fsp3) is 0.250. The molecule has 1 unspecified atom stereocenters. The van der Waals surface area contributed by atoms with Crippen molar-refractivity contribution < 1.29 is 9.18 Å². The number of aryl methyl sites for hydroxylation is 2. The number of aromatic nitrogens is 2. The van der Waals surface area contributed by atoms with Gasteiger partial charge in [-0.2, -0.15) is 10.5 Å². The number of nitrogen functional groups attached to an aromatic ring is 1. The Balaban J connectivity index is 1.68. The van der Waals surface area contributed by atoms with Gasteiger partial charge in [0.25, 0.3) is 0 Å². The number of anilines is 2. The summed E-state index contributed by atoms with van der Waals surface area (Å²) in [6, 6.07) is 9.24. The number of carbonyl (C=O) groups excluding carboxylic acids is 1. The van der Waals surface area contributed by atoms with Gasteiger partial charge in [0.2, 0.25) is 5.91 Å². The molecular weight excluding hydrogens is 501 g/mol. The van der Waals surface area contributed by atoms with Crippen LogP contribution in [0.3, 0.4) is 0 Å². The summed E-state index contributed by atoms with van der Waals surface area (Å²) in [7, 11) is 0. The molecule has 1 amide bonds. The number of rotatable bonds is 4. The van der Waals surface area contributed by atoms with Crippen molar-refractivity contribution in [3.8, 4) is 23.3 Å². The molecule has 10 heteroatoms. The highest BCUT2D eigenvalue weighted by molar-refractivity contribution is 7.22. The minimum absolute atomic E-state index is 0.167. The predicted molar refractivity (Wildman–Crippen MR) is 147 cm³/mol. The first-order chi connectivity index (χ1) is 18.3. The molecule has 0 bridgehead atoms. The van der Waals surface area contributed by atoms with Crippen LogP contribution in [0.1, 0.15) is 23.1 Å². The van der Waals surface area contributed by atoms with Crippen molar-refractivity contribution >= 4 is 49.2 Å². The van der Waals surface area contributed by atoms with Crippen LogP contribution in [0.15, 0.2) is 37.1 Å². The number of fused-ring (bicyclic) bond motifs is 2. The lowest BCUT2D eigenvalue weighted by atomic mass is 9.91. The Morgan fingerprint density at radius 2 is 2.11 bits per heavy atom. The molecule has 0 radical (unpaired) electrons. The SMILES string of the molecule is C=CC(=O)N1CCN(c2c(C#N)cnc3c(C)c(-c4ccc(F)c5sc(N)nc45)c(C)cc23)CC1CC#N. The van der Waals surface area contributed by atoms with Crippen LogP contribution >= 0.6 is 11.3 Å². The zero-order valence-corrected chi connectivity index (χ0v) is 21.8. The normalized spacial score (nSPS) is 15.4. The molecule has 0 saturated carbocycles. The van der Waals surface area contributed by atoms with Crippen LogP contribution in [0.25, 0.3) is 32.2 Å². The van der Waals surface area contributed by atoms with Crippen molar-refractivity contribution in [3.63, 3.8) is 0 Å². The minimum atomic E-state index is -0.367. The fourth-order valence-electron chi connectivity index (χ4n) is 5.43. The lowest BCUT2D eigenvalue weighted by molar-refractivity contribution is -0.128. The molecule has 3 heterocycles. The second-order valence-corrected chi connectivity index (χ2v) is 10.3. The number of nitrogens with zero attached hydrogens (tertiary/aromatic N) is 6. The van der Waals surface area contributed by atoms with Gasteiger partial charge in [0.1, 0.15) is 11.9 Å². The number of nitriles is 2. The molecule has 38 heavy (non-hydrogen) atoms. The van der Waals surface area contributed by atoms with Gasteiger partial charge >= 0.3 is 0 Å². The number of nitrogens with two attached hydrogens (primary N) is 1. The highest BCUT2D eigenvalue weighted by Crippen LogP contribution is 2.42. The lowest BCUT2D eigenvalue weighted by Gasteiger charge is -2.42. The van der Waals surface area contributed by atoms with E-state index in [0.29, 0.717) is 46.1 Å². The summed E-state index contributed by atoms with van der Waals surface area (Å²) in [6.45, 7) is 8.80. The number of hydrogen-bond acceptors (Lipinski definition) is 8. The fourth-order valence-corrected chi connectivity index (χ4v) is 6.20. The third-order valence-corrected chi connectivity index (χ3v) is 7.95. The molecule has 1 saturated heterocycles. The standard InChI is InChI=1S/C28H24FN7OS/c1-4-22(37)36-10-9-35(14-18(36)7-8-30)26-17(12-31)13-33-24-16(3)23(15(2)11-20(24)26)19-5-6-21(29)27-25(19)34-28(32)38-27/h4-6,11,13,18H,1,7,9-10,14H2,2-3H3,(H2,32,34). The van der Waals surface area contributed by atoms with E-state index in [1.165, 1.54) is 12.1 Å². The summed E-state index contributed by atoms with van der Waals surface area (Å²) in [6.07, 6.45) is 2.99. The second kappa shape index (κ2) is 9.73. The molecule has 8 nitrogen and oxygen atoms in total. The van der Waals surface area contributed by atoms with Crippen LogP contribution in [-0.2, 0) is 4.79 Å². The van der Waals surface area contributed by atoms with Gasteiger partial charge < -0.3 is 15.5 Å². The molecule has 1 aliphatic heterocycles. The summed E-state index contributed by atoms with van der Waals surface area (Å²) in [5, 5.41) is 20.5. The molecule has 1 aliphatic rings. The maximum atomic E-state index is 14.5. The average molecular weight is 526 g/mol. The number of carbonyl (C=O) groups is 1. The third kappa shape index (κ3) is 4.00. The molecule has 190 valence electrons. The highest BCUT2D eigenvalue weighted by atomic mass is 32.1. The number of halogens is 1. The summed E-state index contributed by atoms with van der Waals surface area (Å²) < 4.78 is 14.9. The van der Waals surface area contributed by atoms with Crippen LogP contribution < -0.4 is 10.6 Å². The molecular formula is C28H24FN7OS. The first-order valence-corrected chi connectivity index (χ1v) is 12.8. The Bertz CT molecular complexity index is 1710. The van der Waals surface area contributed by atoms with Crippen LogP contribution in [0.2, 0.25) is 0 Å². The Labute approximate surface area is 223 Å². The monoisotopic (exact) mass is 525 g/mol. The molecule has 1 fully saturated rings. The quantitative estimate of drug-likeness (QED) is 0.378. The van der Waals surface area contributed by atoms with E-state index >= 15 is 0 Å². The van der Waals surface area contributed by atoms with Gasteiger partial charge in [-0.1, -0.05) is 17.9 Å². The summed E-state index contributed by atoms with van der Waals surface area (Å²) >= 11 is 1.11. The van der Waals surface area contributed by atoms with Gasteiger partial charge in [-0.25, -0.2) is 9.37 Å². The summed E-state index contributed by atoms with van der Waals surface area (Å²) in [4.78, 5) is 25.2.